The number of rotatable bonds is 3. The van der Waals surface area contributed by atoms with E-state index < -0.39 is 0 Å². The fraction of sp³-hybridized carbons (Fsp3) is 0.0870. The lowest BCUT2D eigenvalue weighted by Gasteiger charge is -2.31. The van der Waals surface area contributed by atoms with E-state index >= 15 is 0 Å². The summed E-state index contributed by atoms with van der Waals surface area (Å²) in [6.07, 6.45) is 1.88. The van der Waals surface area contributed by atoms with Crippen molar-refractivity contribution in [2.24, 2.45) is 0 Å². The topological polar surface area (TPSA) is 69.4 Å². The van der Waals surface area contributed by atoms with E-state index in [0.717, 1.165) is 40.3 Å². The van der Waals surface area contributed by atoms with Crippen LogP contribution in [0.4, 0.5) is 27.5 Å². The number of amides is 2. The first-order valence-electron chi connectivity index (χ1n) is 9.51. The molecule has 1 aliphatic heterocycles. The zero-order chi connectivity index (χ0) is 19.6. The van der Waals surface area contributed by atoms with Crippen molar-refractivity contribution < 1.29 is 9.53 Å². The molecular weight excluding hydrogens is 364 g/mol. The average Bonchev–Trinajstić information content (AvgIpc) is 3.22. The molecule has 3 aromatic carbocycles. The maximum absolute atomic E-state index is 12.5. The molecule has 6 heteroatoms. The lowest BCUT2D eigenvalue weighted by atomic mass is 10.2. The summed E-state index contributed by atoms with van der Waals surface area (Å²) in [7, 11) is 0. The van der Waals surface area contributed by atoms with E-state index in [-0.39, 0.29) is 6.03 Å². The van der Waals surface area contributed by atoms with E-state index in [1.165, 1.54) is 0 Å². The fourth-order valence-electron chi connectivity index (χ4n) is 3.59. The number of H-pyrrole nitrogens is 1. The number of hydrogen-bond donors (Lipinski definition) is 3. The van der Waals surface area contributed by atoms with Crippen LogP contribution in [0.1, 0.15) is 0 Å². The smallest absolute Gasteiger partial charge is 0.323 e. The van der Waals surface area contributed by atoms with Crippen molar-refractivity contribution in [3.8, 4) is 5.75 Å². The number of fused-ring (bicyclic) bond motifs is 2. The maximum atomic E-state index is 12.5. The summed E-state index contributed by atoms with van der Waals surface area (Å²) < 4.78 is 5.79. The summed E-state index contributed by atoms with van der Waals surface area (Å²) in [6.45, 7) is 1.37. The van der Waals surface area contributed by atoms with Crippen molar-refractivity contribution in [3.05, 3.63) is 79.0 Å². The van der Waals surface area contributed by atoms with Gasteiger partial charge in [-0.1, -0.05) is 24.3 Å². The molecule has 0 fully saturated rings. The van der Waals surface area contributed by atoms with Crippen LogP contribution in [-0.4, -0.2) is 24.2 Å². The average molecular weight is 384 g/mol. The maximum Gasteiger partial charge on any atom is 0.323 e. The molecule has 0 unspecified atom stereocenters. The molecule has 1 aromatic heterocycles. The highest BCUT2D eigenvalue weighted by molar-refractivity contribution is 6.01. The van der Waals surface area contributed by atoms with Crippen molar-refractivity contribution in [2.75, 3.05) is 28.7 Å². The van der Waals surface area contributed by atoms with Gasteiger partial charge in [-0.2, -0.15) is 0 Å². The number of carbonyl (C=O) groups excluding carboxylic acids is 1. The van der Waals surface area contributed by atoms with E-state index in [9.17, 15) is 4.79 Å². The molecule has 3 N–H and O–H groups in total. The summed E-state index contributed by atoms with van der Waals surface area (Å²) in [4.78, 5) is 17.8. The largest absolute Gasteiger partial charge is 0.490 e. The first-order chi connectivity index (χ1) is 14.3. The Labute approximate surface area is 168 Å². The second kappa shape index (κ2) is 7.24. The first kappa shape index (κ1) is 17.2. The predicted molar refractivity (Wildman–Crippen MR) is 116 cm³/mol. The zero-order valence-electron chi connectivity index (χ0n) is 15.7. The zero-order valence-corrected chi connectivity index (χ0v) is 15.7. The number of urea groups is 1. The van der Waals surface area contributed by atoms with Gasteiger partial charge in [0.25, 0.3) is 0 Å². The standard InChI is InChI=1S/C23H20N4O2/c28-23(25-17-7-6-16-10-11-24-20(16)14-17)26-18-8-9-22-21(15-18)27(12-13-29-22)19-4-2-1-3-5-19/h1-11,14-15,24H,12-13H2,(H2,25,26,28). The number of nitrogens with zero attached hydrogens (tertiary/aromatic N) is 1. The van der Waals surface area contributed by atoms with Gasteiger partial charge in [0.2, 0.25) is 0 Å². The minimum absolute atomic E-state index is 0.293. The lowest BCUT2D eigenvalue weighted by molar-refractivity contribution is 0.262. The molecular formula is C23H20N4O2. The molecule has 2 heterocycles. The van der Waals surface area contributed by atoms with Crippen LogP contribution in [0.25, 0.3) is 10.9 Å². The van der Waals surface area contributed by atoms with Crippen molar-refractivity contribution >= 4 is 39.7 Å². The van der Waals surface area contributed by atoms with Crippen LogP contribution in [0.2, 0.25) is 0 Å². The Morgan fingerprint density at radius 1 is 0.931 bits per heavy atom. The Morgan fingerprint density at radius 2 is 1.72 bits per heavy atom. The highest BCUT2D eigenvalue weighted by atomic mass is 16.5. The quantitative estimate of drug-likeness (QED) is 0.446. The minimum atomic E-state index is -0.293. The number of aromatic amines is 1. The van der Waals surface area contributed by atoms with Gasteiger partial charge in [0.1, 0.15) is 12.4 Å². The summed E-state index contributed by atoms with van der Waals surface area (Å²) in [5.41, 5.74) is 4.44. The van der Waals surface area contributed by atoms with Crippen molar-refractivity contribution in [3.63, 3.8) is 0 Å². The summed E-state index contributed by atoms with van der Waals surface area (Å²) in [5.74, 6) is 0.809. The minimum Gasteiger partial charge on any atom is -0.490 e. The molecule has 0 radical (unpaired) electrons. The van der Waals surface area contributed by atoms with E-state index in [0.29, 0.717) is 12.3 Å². The third-order valence-electron chi connectivity index (χ3n) is 4.96. The lowest BCUT2D eigenvalue weighted by Crippen LogP contribution is -2.28. The molecule has 4 aromatic rings. The van der Waals surface area contributed by atoms with Crippen LogP contribution < -0.4 is 20.3 Å². The van der Waals surface area contributed by atoms with Crippen LogP contribution in [0.5, 0.6) is 5.75 Å². The number of aromatic nitrogens is 1. The Hall–Kier alpha value is -3.93. The SMILES string of the molecule is O=C(Nc1ccc2c(c1)N(c1ccccc1)CCO2)Nc1ccc2cc[nH]c2c1. The Balaban J connectivity index is 1.35. The van der Waals surface area contributed by atoms with Gasteiger partial charge in [-0.25, -0.2) is 4.79 Å². The van der Waals surface area contributed by atoms with E-state index in [4.69, 9.17) is 4.74 Å². The van der Waals surface area contributed by atoms with Crippen LogP contribution in [0, 0.1) is 0 Å². The second-order valence-corrected chi connectivity index (χ2v) is 6.88. The van der Waals surface area contributed by atoms with Gasteiger partial charge in [-0.3, -0.25) is 0 Å². The number of carbonyl (C=O) groups is 1. The third-order valence-corrected chi connectivity index (χ3v) is 4.96. The number of anilines is 4. The molecule has 0 saturated heterocycles. The van der Waals surface area contributed by atoms with Crippen LogP contribution in [-0.2, 0) is 0 Å². The monoisotopic (exact) mass is 384 g/mol. The predicted octanol–water partition coefficient (Wildman–Crippen LogP) is 5.34. The molecule has 0 bridgehead atoms. The van der Waals surface area contributed by atoms with E-state index in [1.54, 1.807) is 0 Å². The molecule has 0 aliphatic carbocycles. The molecule has 0 atom stereocenters. The van der Waals surface area contributed by atoms with Gasteiger partial charge in [-0.15, -0.1) is 0 Å². The number of ether oxygens (including phenoxy) is 1. The molecule has 5 rings (SSSR count). The first-order valence-corrected chi connectivity index (χ1v) is 9.51. The van der Waals surface area contributed by atoms with Crippen LogP contribution in [0.15, 0.2) is 79.0 Å². The Kier molecular flexibility index (Phi) is 4.29. The molecule has 29 heavy (non-hydrogen) atoms. The molecule has 0 saturated carbocycles. The number of hydrogen-bond acceptors (Lipinski definition) is 3. The fourth-order valence-corrected chi connectivity index (χ4v) is 3.59. The van der Waals surface area contributed by atoms with Crippen molar-refractivity contribution in [1.82, 2.24) is 4.98 Å². The second-order valence-electron chi connectivity index (χ2n) is 6.88. The normalized spacial score (nSPS) is 12.9. The van der Waals surface area contributed by atoms with Crippen LogP contribution in [0.3, 0.4) is 0 Å². The van der Waals surface area contributed by atoms with Gasteiger partial charge in [-0.05, 0) is 53.9 Å². The molecule has 1 aliphatic rings. The van der Waals surface area contributed by atoms with Crippen molar-refractivity contribution in [2.45, 2.75) is 0 Å². The highest BCUT2D eigenvalue weighted by Gasteiger charge is 2.20. The van der Waals surface area contributed by atoms with Gasteiger partial charge < -0.3 is 25.3 Å². The van der Waals surface area contributed by atoms with E-state index in [2.05, 4.69) is 32.7 Å². The van der Waals surface area contributed by atoms with Crippen LogP contribution >= 0.6 is 0 Å². The molecule has 2 amide bonds. The van der Waals surface area contributed by atoms with E-state index in [1.807, 2.05) is 66.9 Å². The van der Waals surface area contributed by atoms with Gasteiger partial charge in [0.05, 0.1) is 12.2 Å². The highest BCUT2D eigenvalue weighted by Crippen LogP contribution is 2.38. The molecule has 6 nitrogen and oxygen atoms in total. The summed E-state index contributed by atoms with van der Waals surface area (Å²) in [6, 6.07) is 23.3. The Morgan fingerprint density at radius 3 is 2.59 bits per heavy atom. The molecule has 144 valence electrons. The van der Waals surface area contributed by atoms with Gasteiger partial charge >= 0.3 is 6.03 Å². The number of para-hydroxylation sites is 1. The Bertz CT molecular complexity index is 1170. The number of benzene rings is 3. The summed E-state index contributed by atoms with van der Waals surface area (Å²) in [5, 5.41) is 6.90. The molecule has 0 spiro atoms. The third kappa shape index (κ3) is 3.48. The summed E-state index contributed by atoms with van der Waals surface area (Å²) >= 11 is 0. The number of nitrogens with one attached hydrogen (secondary N) is 3. The van der Waals surface area contributed by atoms with Gasteiger partial charge in [0.15, 0.2) is 0 Å². The van der Waals surface area contributed by atoms with Crippen molar-refractivity contribution in [1.29, 1.82) is 0 Å². The van der Waals surface area contributed by atoms with Gasteiger partial charge in [0, 0.05) is 28.8 Å².